The van der Waals surface area contributed by atoms with E-state index in [1.807, 2.05) is 11.4 Å². The van der Waals surface area contributed by atoms with Gasteiger partial charge in [0.1, 0.15) is 5.01 Å². The van der Waals surface area contributed by atoms with E-state index in [9.17, 15) is 19.5 Å². The number of amides is 2. The van der Waals surface area contributed by atoms with E-state index in [4.69, 9.17) is 0 Å². The van der Waals surface area contributed by atoms with E-state index < -0.39 is 11.4 Å². The second kappa shape index (κ2) is 8.30. The van der Waals surface area contributed by atoms with Crippen molar-refractivity contribution in [3.8, 4) is 0 Å². The molecule has 8 heteroatoms. The summed E-state index contributed by atoms with van der Waals surface area (Å²) in [6, 6.07) is 8.93. The number of carbonyl (C=O) groups is 3. The molecule has 1 aromatic heterocycles. The summed E-state index contributed by atoms with van der Waals surface area (Å²) in [5, 5.41) is 17.4. The molecule has 0 unspecified atom stereocenters. The number of aliphatic carboxylic acids is 1. The van der Waals surface area contributed by atoms with Crippen LogP contribution in [0.2, 0.25) is 0 Å². The highest BCUT2D eigenvalue weighted by Crippen LogP contribution is 2.44. The zero-order chi connectivity index (χ0) is 19.3. The highest BCUT2D eigenvalue weighted by molar-refractivity contribution is 7.09. The maximum atomic E-state index is 12.1. The van der Waals surface area contributed by atoms with Crippen LogP contribution in [0.4, 0.5) is 0 Å². The Balaban J connectivity index is 1.45. The van der Waals surface area contributed by atoms with Crippen molar-refractivity contribution in [3.05, 3.63) is 52.0 Å². The van der Waals surface area contributed by atoms with Gasteiger partial charge in [0.25, 0.3) is 5.91 Å². The Morgan fingerprint density at radius 3 is 2.48 bits per heavy atom. The number of hydrogen-bond donors (Lipinski definition) is 3. The Hall–Kier alpha value is -2.74. The SMILES string of the molecule is O=C(CC1(C(=O)O)CCC1)NCc1csc(CNC(=O)c2ccccc2)n1. The van der Waals surface area contributed by atoms with Crippen LogP contribution in [-0.2, 0) is 22.7 Å². The van der Waals surface area contributed by atoms with Crippen molar-refractivity contribution in [3.63, 3.8) is 0 Å². The molecule has 1 fully saturated rings. The molecule has 2 aromatic rings. The second-order valence-corrected chi connectivity index (χ2v) is 7.62. The summed E-state index contributed by atoms with van der Waals surface area (Å²) in [6.45, 7) is 0.562. The molecule has 0 atom stereocenters. The van der Waals surface area contributed by atoms with Gasteiger partial charge in [-0.05, 0) is 25.0 Å². The van der Waals surface area contributed by atoms with Crippen LogP contribution in [0.15, 0.2) is 35.7 Å². The van der Waals surface area contributed by atoms with E-state index in [-0.39, 0.29) is 24.8 Å². The van der Waals surface area contributed by atoms with Crippen LogP contribution >= 0.6 is 11.3 Å². The maximum absolute atomic E-state index is 12.1. The molecular weight excluding hydrogens is 366 g/mol. The van der Waals surface area contributed by atoms with Gasteiger partial charge in [-0.2, -0.15) is 0 Å². The van der Waals surface area contributed by atoms with Crippen molar-refractivity contribution < 1.29 is 19.5 Å². The minimum atomic E-state index is -0.894. The van der Waals surface area contributed by atoms with Crippen LogP contribution in [-0.4, -0.2) is 27.9 Å². The molecule has 1 saturated carbocycles. The number of carboxylic acids is 1. The fourth-order valence-electron chi connectivity index (χ4n) is 2.99. The van der Waals surface area contributed by atoms with Crippen molar-refractivity contribution in [1.82, 2.24) is 15.6 Å². The Morgan fingerprint density at radius 1 is 1.11 bits per heavy atom. The van der Waals surface area contributed by atoms with Gasteiger partial charge in [-0.3, -0.25) is 14.4 Å². The predicted octanol–water partition coefficient (Wildman–Crippen LogP) is 2.33. The number of nitrogens with zero attached hydrogens (tertiary/aromatic N) is 1. The van der Waals surface area contributed by atoms with Crippen molar-refractivity contribution in [2.75, 3.05) is 0 Å². The Bertz CT molecular complexity index is 830. The van der Waals surface area contributed by atoms with Crippen LogP contribution in [0, 0.1) is 5.41 Å². The van der Waals surface area contributed by atoms with Crippen LogP contribution in [0.1, 0.15) is 46.7 Å². The van der Waals surface area contributed by atoms with E-state index in [0.29, 0.717) is 30.6 Å². The van der Waals surface area contributed by atoms with E-state index in [1.165, 1.54) is 11.3 Å². The van der Waals surface area contributed by atoms with Gasteiger partial charge in [0, 0.05) is 17.4 Å². The lowest BCUT2D eigenvalue weighted by Crippen LogP contribution is -2.42. The average molecular weight is 387 g/mol. The number of benzene rings is 1. The van der Waals surface area contributed by atoms with Gasteiger partial charge < -0.3 is 15.7 Å². The molecule has 0 spiro atoms. The van der Waals surface area contributed by atoms with E-state index >= 15 is 0 Å². The number of aromatic nitrogens is 1. The monoisotopic (exact) mass is 387 g/mol. The Morgan fingerprint density at radius 2 is 1.85 bits per heavy atom. The minimum absolute atomic E-state index is 0.00641. The number of nitrogens with one attached hydrogen (secondary N) is 2. The fraction of sp³-hybridized carbons (Fsp3) is 0.368. The zero-order valence-corrected chi connectivity index (χ0v) is 15.6. The largest absolute Gasteiger partial charge is 0.481 e. The fourth-order valence-corrected chi connectivity index (χ4v) is 3.72. The molecule has 3 rings (SSSR count). The van der Waals surface area contributed by atoms with Crippen LogP contribution in [0.5, 0.6) is 0 Å². The van der Waals surface area contributed by atoms with Crippen LogP contribution in [0.3, 0.4) is 0 Å². The first kappa shape index (κ1) is 19.0. The second-order valence-electron chi connectivity index (χ2n) is 6.67. The molecule has 27 heavy (non-hydrogen) atoms. The predicted molar refractivity (Wildman–Crippen MR) is 100 cm³/mol. The smallest absolute Gasteiger partial charge is 0.310 e. The van der Waals surface area contributed by atoms with Crippen LogP contribution in [0.25, 0.3) is 0 Å². The molecular formula is C19H21N3O4S. The molecule has 1 aromatic carbocycles. The van der Waals surface area contributed by atoms with Gasteiger partial charge in [-0.25, -0.2) is 4.98 Å². The van der Waals surface area contributed by atoms with Crippen molar-refractivity contribution in [1.29, 1.82) is 0 Å². The summed E-state index contributed by atoms with van der Waals surface area (Å²) in [5.41, 5.74) is 0.388. The molecule has 142 valence electrons. The number of hydrogen-bond acceptors (Lipinski definition) is 5. The molecule has 1 aliphatic rings. The topological polar surface area (TPSA) is 108 Å². The van der Waals surface area contributed by atoms with E-state index in [0.717, 1.165) is 11.4 Å². The average Bonchev–Trinajstić information content (AvgIpc) is 3.09. The van der Waals surface area contributed by atoms with Crippen molar-refractivity contribution >= 4 is 29.1 Å². The third-order valence-electron chi connectivity index (χ3n) is 4.77. The molecule has 2 amide bonds. The van der Waals surface area contributed by atoms with Crippen molar-refractivity contribution in [2.24, 2.45) is 5.41 Å². The molecule has 7 nitrogen and oxygen atoms in total. The van der Waals surface area contributed by atoms with Gasteiger partial charge in [0.2, 0.25) is 5.91 Å². The third-order valence-corrected chi connectivity index (χ3v) is 5.66. The number of rotatable bonds is 8. The summed E-state index contributed by atoms with van der Waals surface area (Å²) in [4.78, 5) is 39.8. The lowest BCUT2D eigenvalue weighted by molar-refractivity contribution is -0.157. The van der Waals surface area contributed by atoms with Gasteiger partial charge >= 0.3 is 5.97 Å². The van der Waals surface area contributed by atoms with Crippen molar-refractivity contribution in [2.45, 2.75) is 38.8 Å². The Labute approximate surface area is 160 Å². The minimum Gasteiger partial charge on any atom is -0.481 e. The molecule has 0 aliphatic heterocycles. The Kier molecular flexibility index (Phi) is 5.85. The number of thiazole rings is 1. The lowest BCUT2D eigenvalue weighted by Gasteiger charge is -2.36. The molecule has 0 saturated heterocycles. The maximum Gasteiger partial charge on any atom is 0.310 e. The van der Waals surface area contributed by atoms with Gasteiger partial charge in [-0.1, -0.05) is 24.6 Å². The first-order valence-corrected chi connectivity index (χ1v) is 9.63. The summed E-state index contributed by atoms with van der Waals surface area (Å²) in [6.07, 6.45) is 1.96. The first-order valence-electron chi connectivity index (χ1n) is 8.75. The normalized spacial score (nSPS) is 14.8. The molecule has 1 aliphatic carbocycles. The molecule has 3 N–H and O–H groups in total. The summed E-state index contributed by atoms with van der Waals surface area (Å²) < 4.78 is 0. The third kappa shape index (κ3) is 4.71. The highest BCUT2D eigenvalue weighted by Gasteiger charge is 2.45. The van der Waals surface area contributed by atoms with Crippen LogP contribution < -0.4 is 10.6 Å². The van der Waals surface area contributed by atoms with E-state index in [2.05, 4.69) is 15.6 Å². The molecule has 1 heterocycles. The number of carboxylic acid groups (broad SMARTS) is 1. The summed E-state index contributed by atoms with van der Waals surface area (Å²) >= 11 is 1.40. The quantitative estimate of drug-likeness (QED) is 0.644. The molecule has 0 radical (unpaired) electrons. The number of carbonyl (C=O) groups excluding carboxylic acids is 2. The van der Waals surface area contributed by atoms with Gasteiger partial charge in [0.05, 0.1) is 24.2 Å². The summed E-state index contributed by atoms with van der Waals surface area (Å²) in [7, 11) is 0. The van der Waals surface area contributed by atoms with Gasteiger partial charge in [-0.15, -0.1) is 11.3 Å². The summed E-state index contributed by atoms with van der Waals surface area (Å²) in [5.74, 6) is -1.34. The lowest BCUT2D eigenvalue weighted by atomic mass is 9.66. The highest BCUT2D eigenvalue weighted by atomic mass is 32.1. The standard InChI is InChI=1S/C19H21N3O4S/c23-15(9-19(18(25)26)7-4-8-19)20-10-14-12-27-16(22-14)11-21-17(24)13-5-2-1-3-6-13/h1-3,5-6,12H,4,7-11H2,(H,20,23)(H,21,24)(H,25,26). The van der Waals surface area contributed by atoms with Gasteiger partial charge in [0.15, 0.2) is 0 Å². The first-order chi connectivity index (χ1) is 13.0. The van der Waals surface area contributed by atoms with E-state index in [1.54, 1.807) is 24.3 Å². The molecule has 0 bridgehead atoms. The zero-order valence-electron chi connectivity index (χ0n) is 14.7.